The maximum absolute atomic E-state index is 5.71. The normalized spacial score (nSPS) is 10.2. The van der Waals surface area contributed by atoms with E-state index in [1.807, 2.05) is 30.3 Å². The molecule has 17 heavy (non-hydrogen) atoms. The van der Waals surface area contributed by atoms with Crippen molar-refractivity contribution in [2.24, 2.45) is 0 Å². The van der Waals surface area contributed by atoms with Crippen LogP contribution in [-0.4, -0.2) is 12.1 Å². The largest absolute Gasteiger partial charge is 0.480 e. The monoisotopic (exact) mass is 246 g/mol. The number of ether oxygens (including phenoxy) is 1. The van der Waals surface area contributed by atoms with Crippen molar-refractivity contribution >= 4 is 17.4 Å². The van der Waals surface area contributed by atoms with Crippen LogP contribution in [0.5, 0.6) is 5.88 Å². The molecular weight excluding hydrogens is 232 g/mol. The Labute approximate surface area is 105 Å². The van der Waals surface area contributed by atoms with E-state index in [0.717, 1.165) is 10.8 Å². The Kier molecular flexibility index (Phi) is 3.88. The van der Waals surface area contributed by atoms with E-state index in [2.05, 4.69) is 17.1 Å². The highest BCUT2D eigenvalue weighted by Crippen LogP contribution is 2.26. The van der Waals surface area contributed by atoms with Crippen molar-refractivity contribution in [1.82, 2.24) is 4.98 Å². The zero-order valence-corrected chi connectivity index (χ0v) is 10.4. The molecule has 0 aliphatic rings. The average molecular weight is 246 g/mol. The Bertz CT molecular complexity index is 488. The van der Waals surface area contributed by atoms with Crippen molar-refractivity contribution in [3.05, 3.63) is 48.0 Å². The van der Waals surface area contributed by atoms with Gasteiger partial charge in [-0.2, -0.15) is 0 Å². The lowest BCUT2D eigenvalue weighted by molar-refractivity contribution is 0.397. The number of hydrogen-bond donors (Lipinski definition) is 1. The number of anilines is 1. The summed E-state index contributed by atoms with van der Waals surface area (Å²) in [7, 11) is 1.57. The molecule has 2 rings (SSSR count). The van der Waals surface area contributed by atoms with Gasteiger partial charge < -0.3 is 10.5 Å². The molecule has 4 heteroatoms. The summed E-state index contributed by atoms with van der Waals surface area (Å²) in [6.07, 6.45) is 0. The standard InChI is InChI=1S/C13H14N2OS/c1-16-13-11(14)7-8-12(15-13)17-9-10-5-3-2-4-6-10/h2-8H,9,14H2,1H3. The van der Waals surface area contributed by atoms with Gasteiger partial charge in [-0.05, 0) is 17.7 Å². The van der Waals surface area contributed by atoms with E-state index in [0.29, 0.717) is 11.6 Å². The molecule has 2 aromatic rings. The summed E-state index contributed by atoms with van der Waals surface area (Å²) >= 11 is 1.67. The molecule has 0 radical (unpaired) electrons. The number of hydrogen-bond acceptors (Lipinski definition) is 4. The van der Waals surface area contributed by atoms with Gasteiger partial charge in [0.25, 0.3) is 0 Å². The Morgan fingerprint density at radius 3 is 2.65 bits per heavy atom. The van der Waals surface area contributed by atoms with E-state index >= 15 is 0 Å². The zero-order valence-electron chi connectivity index (χ0n) is 9.59. The predicted molar refractivity (Wildman–Crippen MR) is 71.2 cm³/mol. The first-order chi connectivity index (χ1) is 8.29. The number of benzene rings is 1. The van der Waals surface area contributed by atoms with Crippen LogP contribution < -0.4 is 10.5 Å². The Morgan fingerprint density at radius 1 is 1.18 bits per heavy atom. The third-order valence-electron chi connectivity index (χ3n) is 2.29. The number of thioether (sulfide) groups is 1. The summed E-state index contributed by atoms with van der Waals surface area (Å²) in [6.45, 7) is 0. The molecule has 2 N–H and O–H groups in total. The highest BCUT2D eigenvalue weighted by atomic mass is 32.2. The molecule has 0 saturated carbocycles. The fraction of sp³-hybridized carbons (Fsp3) is 0.154. The van der Waals surface area contributed by atoms with E-state index < -0.39 is 0 Å². The van der Waals surface area contributed by atoms with Gasteiger partial charge in [0.1, 0.15) is 5.03 Å². The molecule has 0 bridgehead atoms. The fourth-order valence-corrected chi connectivity index (χ4v) is 2.23. The second kappa shape index (κ2) is 5.59. The van der Waals surface area contributed by atoms with Crippen LogP contribution in [0.3, 0.4) is 0 Å². The average Bonchev–Trinajstić information content (AvgIpc) is 2.39. The lowest BCUT2D eigenvalue weighted by Gasteiger charge is -2.06. The molecule has 0 fully saturated rings. The third kappa shape index (κ3) is 3.14. The van der Waals surface area contributed by atoms with Crippen LogP contribution >= 0.6 is 11.8 Å². The first kappa shape index (κ1) is 11.8. The summed E-state index contributed by atoms with van der Waals surface area (Å²) in [5, 5.41) is 0.917. The highest BCUT2D eigenvalue weighted by molar-refractivity contribution is 7.98. The Hall–Kier alpha value is -1.68. The molecule has 1 aromatic heterocycles. The van der Waals surface area contributed by atoms with Crippen molar-refractivity contribution in [2.75, 3.05) is 12.8 Å². The van der Waals surface area contributed by atoms with Gasteiger partial charge in [-0.15, -0.1) is 11.8 Å². The van der Waals surface area contributed by atoms with Crippen LogP contribution in [0.1, 0.15) is 5.56 Å². The quantitative estimate of drug-likeness (QED) is 0.843. The van der Waals surface area contributed by atoms with E-state index in [1.165, 1.54) is 5.56 Å². The van der Waals surface area contributed by atoms with Crippen LogP contribution in [-0.2, 0) is 5.75 Å². The van der Waals surface area contributed by atoms with Gasteiger partial charge in [0.2, 0.25) is 5.88 Å². The second-order valence-corrected chi connectivity index (χ2v) is 4.52. The van der Waals surface area contributed by atoms with Crippen molar-refractivity contribution in [2.45, 2.75) is 10.8 Å². The van der Waals surface area contributed by atoms with Gasteiger partial charge in [-0.1, -0.05) is 30.3 Å². The number of rotatable bonds is 4. The topological polar surface area (TPSA) is 48.1 Å². The van der Waals surface area contributed by atoms with E-state index in [4.69, 9.17) is 10.5 Å². The molecule has 0 spiro atoms. The lowest BCUT2D eigenvalue weighted by Crippen LogP contribution is -1.95. The molecule has 3 nitrogen and oxygen atoms in total. The van der Waals surface area contributed by atoms with Crippen LogP contribution in [0.25, 0.3) is 0 Å². The van der Waals surface area contributed by atoms with Gasteiger partial charge in [0.05, 0.1) is 12.8 Å². The first-order valence-corrected chi connectivity index (χ1v) is 6.25. The SMILES string of the molecule is COc1nc(SCc2ccccc2)ccc1N. The van der Waals surface area contributed by atoms with Crippen molar-refractivity contribution in [3.63, 3.8) is 0 Å². The van der Waals surface area contributed by atoms with Crippen molar-refractivity contribution in [1.29, 1.82) is 0 Å². The Morgan fingerprint density at radius 2 is 1.94 bits per heavy atom. The summed E-state index contributed by atoms with van der Waals surface area (Å²) < 4.78 is 5.09. The number of nitrogens with zero attached hydrogens (tertiary/aromatic N) is 1. The summed E-state index contributed by atoms with van der Waals surface area (Å²) in [5.74, 6) is 1.38. The molecule has 88 valence electrons. The molecule has 0 aliphatic carbocycles. The number of methoxy groups -OCH3 is 1. The first-order valence-electron chi connectivity index (χ1n) is 5.27. The van der Waals surface area contributed by atoms with E-state index in [9.17, 15) is 0 Å². The molecule has 0 aliphatic heterocycles. The predicted octanol–water partition coefficient (Wildman–Crippen LogP) is 2.96. The van der Waals surface area contributed by atoms with Crippen molar-refractivity contribution < 1.29 is 4.74 Å². The minimum atomic E-state index is 0.489. The van der Waals surface area contributed by atoms with Gasteiger partial charge >= 0.3 is 0 Å². The number of pyridine rings is 1. The summed E-state index contributed by atoms with van der Waals surface area (Å²) in [4.78, 5) is 4.32. The third-order valence-corrected chi connectivity index (χ3v) is 3.29. The molecule has 1 heterocycles. The van der Waals surface area contributed by atoms with Crippen LogP contribution in [0.2, 0.25) is 0 Å². The summed E-state index contributed by atoms with van der Waals surface area (Å²) in [6, 6.07) is 14.0. The second-order valence-electron chi connectivity index (χ2n) is 3.52. The molecule has 0 atom stereocenters. The molecule has 1 aromatic carbocycles. The number of nitrogen functional groups attached to an aromatic ring is 1. The smallest absolute Gasteiger partial charge is 0.237 e. The maximum atomic E-state index is 5.71. The minimum Gasteiger partial charge on any atom is -0.480 e. The van der Waals surface area contributed by atoms with Crippen LogP contribution in [0.4, 0.5) is 5.69 Å². The van der Waals surface area contributed by atoms with E-state index in [1.54, 1.807) is 18.9 Å². The highest BCUT2D eigenvalue weighted by Gasteiger charge is 2.03. The molecular formula is C13H14N2OS. The van der Waals surface area contributed by atoms with Crippen LogP contribution in [0.15, 0.2) is 47.5 Å². The van der Waals surface area contributed by atoms with Gasteiger partial charge in [0.15, 0.2) is 0 Å². The fourth-order valence-electron chi connectivity index (χ4n) is 1.41. The number of nitrogens with two attached hydrogens (primary N) is 1. The summed E-state index contributed by atoms with van der Waals surface area (Å²) in [5.41, 5.74) is 7.55. The minimum absolute atomic E-state index is 0.489. The number of aromatic nitrogens is 1. The lowest BCUT2D eigenvalue weighted by atomic mass is 10.2. The van der Waals surface area contributed by atoms with Gasteiger partial charge in [-0.25, -0.2) is 4.98 Å². The van der Waals surface area contributed by atoms with Gasteiger partial charge in [-0.3, -0.25) is 0 Å². The van der Waals surface area contributed by atoms with Crippen LogP contribution in [0, 0.1) is 0 Å². The Balaban J connectivity index is 2.04. The van der Waals surface area contributed by atoms with E-state index in [-0.39, 0.29) is 0 Å². The maximum Gasteiger partial charge on any atom is 0.237 e. The molecule has 0 amide bonds. The van der Waals surface area contributed by atoms with Crippen molar-refractivity contribution in [3.8, 4) is 5.88 Å². The molecule has 0 unspecified atom stereocenters. The van der Waals surface area contributed by atoms with Gasteiger partial charge in [0, 0.05) is 5.75 Å². The zero-order chi connectivity index (χ0) is 12.1. The molecule has 0 saturated heterocycles.